The smallest absolute Gasteiger partial charge is 0.217 e. The van der Waals surface area contributed by atoms with Crippen molar-refractivity contribution in [3.8, 4) is 17.3 Å². The number of halogens is 1. The minimum atomic E-state index is -0.330. The number of aromatic nitrogens is 1. The van der Waals surface area contributed by atoms with Crippen LogP contribution < -0.4 is 20.9 Å². The van der Waals surface area contributed by atoms with Crippen LogP contribution in [-0.2, 0) is 0 Å². The van der Waals surface area contributed by atoms with Gasteiger partial charge in [-0.1, -0.05) is 24.8 Å². The van der Waals surface area contributed by atoms with Crippen LogP contribution in [0.25, 0.3) is 11.3 Å². The third-order valence-corrected chi connectivity index (χ3v) is 7.33. The van der Waals surface area contributed by atoms with Gasteiger partial charge >= 0.3 is 0 Å². The zero-order chi connectivity index (χ0) is 26.9. The molecule has 0 radical (unpaired) electrons. The van der Waals surface area contributed by atoms with Gasteiger partial charge in [0.1, 0.15) is 28.3 Å². The van der Waals surface area contributed by atoms with E-state index in [0.29, 0.717) is 27.2 Å². The number of rotatable bonds is 9. The molecule has 1 fully saturated rings. The fourth-order valence-corrected chi connectivity index (χ4v) is 5.07. The van der Waals surface area contributed by atoms with Gasteiger partial charge in [0.15, 0.2) is 5.13 Å². The molecular weight excluding hydrogens is 489 g/mol. The van der Waals surface area contributed by atoms with Crippen LogP contribution in [-0.4, -0.2) is 68.3 Å². The number of aliphatic imine (C=N–C) groups is 1. The average molecular weight is 526 g/mol. The molecule has 1 saturated heterocycles. The fourth-order valence-electron chi connectivity index (χ4n) is 4.22. The number of hydrogen-bond donors (Lipinski definition) is 3. The van der Waals surface area contributed by atoms with Crippen LogP contribution in [0.1, 0.15) is 31.1 Å². The van der Waals surface area contributed by atoms with E-state index in [1.54, 1.807) is 18.3 Å². The molecule has 0 bridgehead atoms. The summed E-state index contributed by atoms with van der Waals surface area (Å²) in [6.07, 6.45) is 4.34. The zero-order valence-corrected chi connectivity index (χ0v) is 23.0. The fraction of sp³-hybridized carbons (Fsp3) is 0.423. The number of hydrogen-bond acceptors (Lipinski definition) is 8. The lowest BCUT2D eigenvalue weighted by molar-refractivity contribution is 0.140. The molecule has 2 aromatic rings. The number of hydrazine groups is 1. The minimum Gasteiger partial charge on any atom is -0.373 e. The van der Waals surface area contributed by atoms with Gasteiger partial charge in [0.05, 0.1) is 11.7 Å². The monoisotopic (exact) mass is 525 g/mol. The molecule has 3 rings (SSSR count). The first-order valence-electron chi connectivity index (χ1n) is 12.3. The van der Waals surface area contributed by atoms with Crippen LogP contribution in [0.2, 0.25) is 0 Å². The standard InChI is InChI=1S/C26H36FN9S/c1-7-21(35(5)36(6)25(31-8-2)32-20-13-15-30-16-14-20)24(29-3)34(4)26-33-23(22(17-28)37-26)18-9-11-19(27)12-10-18/h8-12,20,29-30H,2,7,13-16H2,1,3-6H3,(H,31,32)/b24-21+. The molecule has 1 aliphatic rings. The summed E-state index contributed by atoms with van der Waals surface area (Å²) in [4.78, 5) is 12.1. The lowest BCUT2D eigenvalue weighted by Gasteiger charge is -2.37. The second kappa shape index (κ2) is 13.1. The summed E-state index contributed by atoms with van der Waals surface area (Å²) in [7, 11) is 7.72. The molecule has 9 nitrogen and oxygen atoms in total. The van der Waals surface area contributed by atoms with Crippen LogP contribution in [0.5, 0.6) is 0 Å². The number of guanidine groups is 1. The van der Waals surface area contributed by atoms with Crippen molar-refractivity contribution in [2.75, 3.05) is 46.2 Å². The highest BCUT2D eigenvalue weighted by Crippen LogP contribution is 2.34. The average Bonchev–Trinajstić information content (AvgIpc) is 3.36. The quantitative estimate of drug-likeness (QED) is 0.259. The van der Waals surface area contributed by atoms with Crippen molar-refractivity contribution in [1.82, 2.24) is 31.0 Å². The highest BCUT2D eigenvalue weighted by Gasteiger charge is 2.23. The molecule has 0 saturated carbocycles. The van der Waals surface area contributed by atoms with Crippen LogP contribution >= 0.6 is 11.3 Å². The Morgan fingerprint density at radius 3 is 2.51 bits per heavy atom. The molecule has 198 valence electrons. The van der Waals surface area contributed by atoms with Crippen LogP contribution in [0.3, 0.4) is 0 Å². The summed E-state index contributed by atoms with van der Waals surface area (Å²) in [5, 5.41) is 24.3. The summed E-state index contributed by atoms with van der Waals surface area (Å²) in [5.41, 5.74) is 2.24. The Kier molecular flexibility index (Phi) is 9.88. The maximum atomic E-state index is 13.4. The Hall–Kier alpha value is -3.62. The van der Waals surface area contributed by atoms with Crippen LogP contribution in [0, 0.1) is 17.1 Å². The molecule has 0 amide bonds. The SMILES string of the molecule is C=CNC(=NC1CCNCC1)N(C)N(C)/C(CC)=C(\NC)N(C)c1nc(-c2ccc(F)cc2)c(C#N)s1. The first-order chi connectivity index (χ1) is 17.8. The van der Waals surface area contributed by atoms with E-state index in [2.05, 4.69) is 35.5 Å². The number of anilines is 1. The van der Waals surface area contributed by atoms with E-state index in [9.17, 15) is 9.65 Å². The van der Waals surface area contributed by atoms with Crippen molar-refractivity contribution < 1.29 is 4.39 Å². The first kappa shape index (κ1) is 28.0. The van der Waals surface area contributed by atoms with Gasteiger partial charge in [-0.05, 0) is 62.8 Å². The van der Waals surface area contributed by atoms with Gasteiger partial charge in [-0.15, -0.1) is 0 Å². The van der Waals surface area contributed by atoms with Crippen molar-refractivity contribution in [1.29, 1.82) is 5.26 Å². The summed E-state index contributed by atoms with van der Waals surface area (Å²) in [6.45, 7) is 7.84. The van der Waals surface area contributed by atoms with E-state index in [1.165, 1.54) is 23.5 Å². The molecule has 1 aromatic heterocycles. The lowest BCUT2D eigenvalue weighted by atomic mass is 10.1. The number of piperidine rings is 1. The van der Waals surface area contributed by atoms with E-state index < -0.39 is 0 Å². The number of benzene rings is 1. The summed E-state index contributed by atoms with van der Waals surface area (Å²) >= 11 is 1.29. The molecule has 3 N–H and O–H groups in total. The molecule has 1 aliphatic heterocycles. The van der Waals surface area contributed by atoms with Crippen LogP contribution in [0.4, 0.5) is 9.52 Å². The Labute approximate surface area is 223 Å². The molecule has 2 heterocycles. The largest absolute Gasteiger partial charge is 0.373 e. The van der Waals surface area contributed by atoms with Crippen molar-refractivity contribution >= 4 is 22.4 Å². The Bertz CT molecular complexity index is 1160. The predicted octanol–water partition coefficient (Wildman–Crippen LogP) is 3.68. The van der Waals surface area contributed by atoms with Crippen molar-refractivity contribution in [2.24, 2.45) is 4.99 Å². The van der Waals surface area contributed by atoms with Gasteiger partial charge in [-0.25, -0.2) is 14.4 Å². The topological polar surface area (TPSA) is 94.8 Å². The molecule has 0 spiro atoms. The maximum Gasteiger partial charge on any atom is 0.217 e. The Morgan fingerprint density at radius 1 is 1.27 bits per heavy atom. The van der Waals surface area contributed by atoms with Gasteiger partial charge in [0.2, 0.25) is 5.96 Å². The second-order valence-electron chi connectivity index (χ2n) is 8.58. The first-order valence-corrected chi connectivity index (χ1v) is 13.1. The van der Waals surface area contributed by atoms with E-state index in [1.807, 2.05) is 43.1 Å². The van der Waals surface area contributed by atoms with Crippen molar-refractivity contribution in [2.45, 2.75) is 32.2 Å². The molecule has 11 heteroatoms. The minimum absolute atomic E-state index is 0.240. The highest BCUT2D eigenvalue weighted by molar-refractivity contribution is 7.16. The highest BCUT2D eigenvalue weighted by atomic mass is 32.1. The van der Waals surface area contributed by atoms with Gasteiger partial charge in [-0.2, -0.15) is 5.26 Å². The zero-order valence-electron chi connectivity index (χ0n) is 22.2. The number of allylic oxidation sites excluding steroid dienone is 1. The molecule has 1 aromatic carbocycles. The van der Waals surface area contributed by atoms with E-state index in [-0.39, 0.29) is 11.9 Å². The van der Waals surface area contributed by atoms with Crippen LogP contribution in [0.15, 0.2) is 53.6 Å². The Morgan fingerprint density at radius 2 is 1.95 bits per heavy atom. The molecule has 0 aliphatic carbocycles. The number of thiazole rings is 1. The van der Waals surface area contributed by atoms with Gasteiger partial charge in [-0.3, -0.25) is 10.0 Å². The summed E-state index contributed by atoms with van der Waals surface area (Å²) in [6, 6.07) is 8.50. The third kappa shape index (κ3) is 6.58. The molecule has 37 heavy (non-hydrogen) atoms. The third-order valence-electron chi connectivity index (χ3n) is 6.29. The van der Waals surface area contributed by atoms with E-state index in [0.717, 1.165) is 43.9 Å². The van der Waals surface area contributed by atoms with Gasteiger partial charge in [0.25, 0.3) is 0 Å². The van der Waals surface area contributed by atoms with Crippen molar-refractivity contribution in [3.63, 3.8) is 0 Å². The van der Waals surface area contributed by atoms with Crippen molar-refractivity contribution in [3.05, 3.63) is 59.3 Å². The number of nitrogens with one attached hydrogen (secondary N) is 3. The normalized spacial score (nSPS) is 14.9. The number of nitrogens with zero attached hydrogens (tertiary/aromatic N) is 6. The second-order valence-corrected chi connectivity index (χ2v) is 9.56. The summed E-state index contributed by atoms with van der Waals surface area (Å²) in [5.74, 6) is 1.22. The number of nitriles is 1. The predicted molar refractivity (Wildman–Crippen MR) is 149 cm³/mol. The lowest BCUT2D eigenvalue weighted by Crippen LogP contribution is -2.48. The molecule has 0 unspecified atom stereocenters. The van der Waals surface area contributed by atoms with E-state index >= 15 is 0 Å². The van der Waals surface area contributed by atoms with Gasteiger partial charge in [0, 0.05) is 33.8 Å². The van der Waals surface area contributed by atoms with E-state index in [4.69, 9.17) is 9.98 Å². The molecular formula is C26H36FN9S. The summed E-state index contributed by atoms with van der Waals surface area (Å²) < 4.78 is 13.4. The molecule has 0 atom stereocenters. The maximum absolute atomic E-state index is 13.4. The Balaban J connectivity index is 1.95. The van der Waals surface area contributed by atoms with Gasteiger partial charge < -0.3 is 20.9 Å².